The molecule has 5 heteroatoms. The second kappa shape index (κ2) is 5.75. The zero-order valence-electron chi connectivity index (χ0n) is 7.52. The van der Waals surface area contributed by atoms with Crippen LogP contribution >= 0.6 is 12.4 Å². The van der Waals surface area contributed by atoms with Crippen molar-refractivity contribution in [3.63, 3.8) is 0 Å². The van der Waals surface area contributed by atoms with Gasteiger partial charge in [0.05, 0.1) is 0 Å². The molecule has 0 aliphatic rings. The van der Waals surface area contributed by atoms with E-state index >= 15 is 0 Å². The summed E-state index contributed by atoms with van der Waals surface area (Å²) in [5, 5.41) is 0. The Morgan fingerprint density at radius 2 is 1.62 bits per heavy atom. The third-order valence-electron chi connectivity index (χ3n) is 1.60. The molecule has 0 heterocycles. The van der Waals surface area contributed by atoms with Crippen LogP contribution in [0.15, 0.2) is 12.1 Å². The molecule has 0 aliphatic carbocycles. The predicted molar refractivity (Wildman–Crippen MR) is 54.5 cm³/mol. The van der Waals surface area contributed by atoms with Crippen molar-refractivity contribution < 1.29 is 9.87 Å². The van der Waals surface area contributed by atoms with E-state index in [1.807, 2.05) is 0 Å². The van der Waals surface area contributed by atoms with Crippen molar-refractivity contribution in [3.8, 4) is 0 Å². The van der Waals surface area contributed by atoms with Crippen molar-refractivity contribution in [1.82, 2.24) is 0 Å². The summed E-state index contributed by atoms with van der Waals surface area (Å²) in [6.45, 7) is 3.42. The molecule has 0 aliphatic heterocycles. The summed E-state index contributed by atoms with van der Waals surface area (Å²) in [4.78, 5) is 0. The number of benzene rings is 1. The monoisotopic (exact) mass is 208 g/mol. The summed E-state index contributed by atoms with van der Waals surface area (Å²) in [6, 6.07) is 3.34. The van der Waals surface area contributed by atoms with Gasteiger partial charge in [-0.05, 0) is 37.1 Å². The smallest absolute Gasteiger partial charge is 0.129 e. The molecule has 0 fully saturated rings. The Morgan fingerprint density at radius 1 is 1.23 bits per heavy atom. The molecule has 76 valence electrons. The van der Waals surface area contributed by atoms with Crippen LogP contribution in [0.3, 0.4) is 0 Å². The van der Waals surface area contributed by atoms with E-state index in [1.54, 1.807) is 26.0 Å². The van der Waals surface area contributed by atoms with Gasteiger partial charge in [0.2, 0.25) is 0 Å². The number of nitrogen functional groups attached to an aromatic ring is 1. The highest BCUT2D eigenvalue weighted by atomic mass is 35.5. The third-order valence-corrected chi connectivity index (χ3v) is 1.60. The molecular formula is C8H14ClFN2O. The summed E-state index contributed by atoms with van der Waals surface area (Å²) in [5.41, 5.74) is 4.43. The van der Waals surface area contributed by atoms with Gasteiger partial charge in [-0.15, -0.1) is 12.4 Å². The highest BCUT2D eigenvalue weighted by Crippen LogP contribution is 2.17. The number of hydrogen-bond acceptors (Lipinski definition) is 2. The lowest BCUT2D eigenvalue weighted by molar-refractivity contribution is 0.609. The van der Waals surface area contributed by atoms with Gasteiger partial charge in [-0.1, -0.05) is 0 Å². The van der Waals surface area contributed by atoms with Crippen molar-refractivity contribution >= 4 is 18.1 Å². The lowest BCUT2D eigenvalue weighted by Gasteiger charge is -2.04. The normalized spacial score (nSPS) is 8.31. The van der Waals surface area contributed by atoms with Gasteiger partial charge in [0, 0.05) is 5.69 Å². The zero-order chi connectivity index (χ0) is 8.43. The Hall–Kier alpha value is -0.840. The summed E-state index contributed by atoms with van der Waals surface area (Å²) in [7, 11) is 0. The van der Waals surface area contributed by atoms with E-state index < -0.39 is 0 Å². The number of halogens is 2. The zero-order valence-corrected chi connectivity index (χ0v) is 8.33. The number of hydrazine groups is 1. The van der Waals surface area contributed by atoms with E-state index in [0.717, 1.165) is 5.69 Å². The van der Waals surface area contributed by atoms with Gasteiger partial charge in [0.1, 0.15) is 5.82 Å². The minimum Gasteiger partial charge on any atom is -0.412 e. The van der Waals surface area contributed by atoms with Gasteiger partial charge in [0.25, 0.3) is 0 Å². The molecule has 0 unspecified atom stereocenters. The molecule has 0 radical (unpaired) electrons. The molecule has 5 N–H and O–H groups in total. The van der Waals surface area contributed by atoms with E-state index in [4.69, 9.17) is 5.84 Å². The van der Waals surface area contributed by atoms with Crippen molar-refractivity contribution in [3.05, 3.63) is 29.1 Å². The van der Waals surface area contributed by atoms with E-state index in [2.05, 4.69) is 5.43 Å². The number of hydrogen-bond donors (Lipinski definition) is 2. The van der Waals surface area contributed by atoms with E-state index in [9.17, 15) is 4.39 Å². The van der Waals surface area contributed by atoms with Crippen molar-refractivity contribution in [2.45, 2.75) is 13.8 Å². The van der Waals surface area contributed by atoms with Crippen LogP contribution in [-0.2, 0) is 0 Å². The summed E-state index contributed by atoms with van der Waals surface area (Å²) < 4.78 is 13.0. The quantitative estimate of drug-likeness (QED) is 0.540. The van der Waals surface area contributed by atoms with E-state index in [-0.39, 0.29) is 23.7 Å². The first-order chi connectivity index (χ1) is 5.15. The fourth-order valence-corrected chi connectivity index (χ4v) is 1.03. The average Bonchev–Trinajstić information content (AvgIpc) is 1.99. The minimum atomic E-state index is -0.163. The third kappa shape index (κ3) is 3.18. The van der Waals surface area contributed by atoms with Gasteiger partial charge >= 0.3 is 0 Å². The average molecular weight is 209 g/mol. The van der Waals surface area contributed by atoms with Crippen LogP contribution in [0.4, 0.5) is 10.1 Å². The Labute approximate surface area is 82.8 Å². The molecule has 13 heavy (non-hydrogen) atoms. The first kappa shape index (κ1) is 14.7. The highest BCUT2D eigenvalue weighted by molar-refractivity contribution is 5.85. The molecule has 1 rings (SSSR count). The van der Waals surface area contributed by atoms with Gasteiger partial charge in [-0.3, -0.25) is 5.84 Å². The predicted octanol–water partition coefficient (Wildman–Crippen LogP) is 1.33. The molecule has 0 bridgehead atoms. The second-order valence-corrected chi connectivity index (χ2v) is 2.57. The molecule has 0 spiro atoms. The van der Waals surface area contributed by atoms with E-state index in [0.29, 0.717) is 11.1 Å². The molecule has 0 amide bonds. The summed E-state index contributed by atoms with van der Waals surface area (Å²) in [6.07, 6.45) is 0. The maximum Gasteiger partial charge on any atom is 0.129 e. The van der Waals surface area contributed by atoms with Gasteiger partial charge in [-0.25, -0.2) is 4.39 Å². The minimum absolute atomic E-state index is 0. The fraction of sp³-hybridized carbons (Fsp3) is 0.250. The highest BCUT2D eigenvalue weighted by Gasteiger charge is 2.02. The SMILES string of the molecule is Cc1cc(NN)cc(C)c1F.Cl.O. The van der Waals surface area contributed by atoms with Crippen molar-refractivity contribution in [2.24, 2.45) is 5.84 Å². The molecule has 0 atom stereocenters. The van der Waals surface area contributed by atoms with E-state index in [1.165, 1.54) is 0 Å². The lowest BCUT2D eigenvalue weighted by atomic mass is 10.1. The number of aryl methyl sites for hydroxylation is 2. The Morgan fingerprint density at radius 3 is 1.92 bits per heavy atom. The molecule has 0 saturated carbocycles. The van der Waals surface area contributed by atoms with Gasteiger partial charge < -0.3 is 10.9 Å². The molecular weight excluding hydrogens is 195 g/mol. The second-order valence-electron chi connectivity index (χ2n) is 2.57. The number of anilines is 1. The summed E-state index contributed by atoms with van der Waals surface area (Å²) in [5.74, 6) is 5.00. The van der Waals surface area contributed by atoms with Gasteiger partial charge in [-0.2, -0.15) is 0 Å². The van der Waals surface area contributed by atoms with Crippen LogP contribution in [0, 0.1) is 19.7 Å². The standard InChI is InChI=1S/C8H11FN2.ClH.H2O/c1-5-3-7(11-10)4-6(2)8(5)9;;/h3-4,11H,10H2,1-2H3;1H;1H2. The van der Waals surface area contributed by atoms with Crippen LogP contribution < -0.4 is 11.3 Å². The van der Waals surface area contributed by atoms with Crippen LogP contribution in [-0.4, -0.2) is 5.48 Å². The Kier molecular flexibility index (Phi) is 6.48. The number of nitrogens with one attached hydrogen (secondary N) is 1. The Bertz CT molecular complexity index is 258. The van der Waals surface area contributed by atoms with Crippen molar-refractivity contribution in [1.29, 1.82) is 0 Å². The lowest BCUT2D eigenvalue weighted by Crippen LogP contribution is -2.07. The van der Waals surface area contributed by atoms with Crippen LogP contribution in [0.1, 0.15) is 11.1 Å². The van der Waals surface area contributed by atoms with Crippen LogP contribution in [0.2, 0.25) is 0 Å². The molecule has 1 aromatic carbocycles. The first-order valence-corrected chi connectivity index (χ1v) is 3.38. The molecule has 1 aromatic rings. The maximum absolute atomic E-state index is 13.0. The fourth-order valence-electron chi connectivity index (χ4n) is 1.03. The molecule has 3 nitrogen and oxygen atoms in total. The van der Waals surface area contributed by atoms with Crippen LogP contribution in [0.25, 0.3) is 0 Å². The van der Waals surface area contributed by atoms with Crippen LogP contribution in [0.5, 0.6) is 0 Å². The molecule has 0 saturated heterocycles. The summed E-state index contributed by atoms with van der Waals surface area (Å²) >= 11 is 0. The van der Waals surface area contributed by atoms with Crippen molar-refractivity contribution in [2.75, 3.05) is 5.43 Å². The first-order valence-electron chi connectivity index (χ1n) is 3.38. The number of rotatable bonds is 1. The molecule has 0 aromatic heterocycles. The topological polar surface area (TPSA) is 69.5 Å². The Balaban J connectivity index is 0. The number of nitrogens with two attached hydrogens (primary N) is 1. The largest absolute Gasteiger partial charge is 0.412 e. The van der Waals surface area contributed by atoms with Gasteiger partial charge in [0.15, 0.2) is 0 Å². The maximum atomic E-state index is 13.0.